The highest BCUT2D eigenvalue weighted by Gasteiger charge is 2.19. The summed E-state index contributed by atoms with van der Waals surface area (Å²) in [6.07, 6.45) is 1.53. The van der Waals surface area contributed by atoms with E-state index in [1.807, 2.05) is 0 Å². The van der Waals surface area contributed by atoms with E-state index in [1.165, 1.54) is 25.4 Å². The summed E-state index contributed by atoms with van der Waals surface area (Å²) in [5.41, 5.74) is 0.557. The van der Waals surface area contributed by atoms with Gasteiger partial charge in [-0.15, -0.1) is 0 Å². The van der Waals surface area contributed by atoms with Gasteiger partial charge in [-0.25, -0.2) is 22.5 Å². The molecule has 1 heterocycles. The first-order valence-corrected chi connectivity index (χ1v) is 8.14. The molecule has 112 valence electrons. The molecular formula is C13H12BrFN2O3S. The minimum absolute atomic E-state index is 0.0468. The van der Waals surface area contributed by atoms with Crippen LogP contribution in [0.2, 0.25) is 0 Å². The molecule has 0 bridgehead atoms. The third-order valence-corrected chi connectivity index (χ3v) is 4.61. The molecule has 0 spiro atoms. The second-order valence-corrected chi connectivity index (χ2v) is 6.72. The van der Waals surface area contributed by atoms with Crippen LogP contribution >= 0.6 is 15.9 Å². The Hall–Kier alpha value is -1.51. The van der Waals surface area contributed by atoms with Crippen LogP contribution in [0.4, 0.5) is 4.39 Å². The molecule has 0 aliphatic carbocycles. The molecule has 1 N–H and O–H groups in total. The van der Waals surface area contributed by atoms with Crippen LogP contribution in [0.15, 0.2) is 45.9 Å². The summed E-state index contributed by atoms with van der Waals surface area (Å²) >= 11 is 3.08. The molecule has 21 heavy (non-hydrogen) atoms. The summed E-state index contributed by atoms with van der Waals surface area (Å²) in [7, 11) is -2.52. The number of hydrogen-bond acceptors (Lipinski definition) is 4. The predicted octanol–water partition coefficient (Wildman–Crippen LogP) is 2.47. The van der Waals surface area contributed by atoms with Crippen molar-refractivity contribution in [1.82, 2.24) is 9.71 Å². The number of aromatic nitrogens is 1. The number of ether oxygens (including phenoxy) is 1. The summed E-state index contributed by atoms with van der Waals surface area (Å²) in [6.45, 7) is -0.0468. The summed E-state index contributed by atoms with van der Waals surface area (Å²) < 4.78 is 45.8. The molecule has 0 aliphatic rings. The molecule has 0 atom stereocenters. The largest absolute Gasteiger partial charge is 0.481 e. The molecule has 0 unspecified atom stereocenters. The Labute approximate surface area is 130 Å². The monoisotopic (exact) mass is 374 g/mol. The Kier molecular flexibility index (Phi) is 4.92. The van der Waals surface area contributed by atoms with E-state index in [0.717, 1.165) is 6.07 Å². The van der Waals surface area contributed by atoms with Gasteiger partial charge in [0.05, 0.1) is 7.11 Å². The molecule has 5 nitrogen and oxygen atoms in total. The van der Waals surface area contributed by atoms with Crippen molar-refractivity contribution in [3.8, 4) is 5.88 Å². The normalized spacial score (nSPS) is 11.4. The lowest BCUT2D eigenvalue weighted by Gasteiger charge is -2.10. The maximum atomic E-state index is 13.7. The minimum Gasteiger partial charge on any atom is -0.481 e. The SMILES string of the molecule is COc1ncccc1CNS(=O)(=O)c1ccc(Br)cc1F. The average molecular weight is 375 g/mol. The quantitative estimate of drug-likeness (QED) is 0.872. The van der Waals surface area contributed by atoms with Crippen LogP contribution < -0.4 is 9.46 Å². The van der Waals surface area contributed by atoms with Crippen LogP contribution in [0, 0.1) is 5.82 Å². The Balaban J connectivity index is 2.22. The van der Waals surface area contributed by atoms with Crippen molar-refractivity contribution in [2.75, 3.05) is 7.11 Å². The number of nitrogens with one attached hydrogen (secondary N) is 1. The van der Waals surface area contributed by atoms with Gasteiger partial charge in [0.15, 0.2) is 0 Å². The van der Waals surface area contributed by atoms with Crippen molar-refractivity contribution >= 4 is 26.0 Å². The fourth-order valence-corrected chi connectivity index (χ4v) is 3.08. The van der Waals surface area contributed by atoms with Crippen molar-refractivity contribution in [2.24, 2.45) is 0 Å². The highest BCUT2D eigenvalue weighted by Crippen LogP contribution is 2.20. The Bertz CT molecular complexity index is 753. The number of methoxy groups -OCH3 is 1. The van der Waals surface area contributed by atoms with Gasteiger partial charge in [0, 0.05) is 22.8 Å². The van der Waals surface area contributed by atoms with Crippen LogP contribution in [0.3, 0.4) is 0 Å². The number of hydrogen-bond donors (Lipinski definition) is 1. The maximum Gasteiger partial charge on any atom is 0.243 e. The molecule has 0 fully saturated rings. The van der Waals surface area contributed by atoms with Crippen LogP contribution in [0.25, 0.3) is 0 Å². The highest BCUT2D eigenvalue weighted by molar-refractivity contribution is 9.10. The van der Waals surface area contributed by atoms with Crippen LogP contribution in [-0.4, -0.2) is 20.5 Å². The zero-order chi connectivity index (χ0) is 15.5. The first kappa shape index (κ1) is 15.9. The maximum absolute atomic E-state index is 13.7. The molecule has 1 aromatic carbocycles. The Morgan fingerprint density at radius 1 is 1.38 bits per heavy atom. The van der Waals surface area contributed by atoms with E-state index in [9.17, 15) is 12.8 Å². The zero-order valence-electron chi connectivity index (χ0n) is 11.0. The predicted molar refractivity (Wildman–Crippen MR) is 78.9 cm³/mol. The van der Waals surface area contributed by atoms with Crippen LogP contribution in [0.5, 0.6) is 5.88 Å². The topological polar surface area (TPSA) is 68.3 Å². The van der Waals surface area contributed by atoms with Crippen LogP contribution in [0.1, 0.15) is 5.56 Å². The average Bonchev–Trinajstić information content (AvgIpc) is 2.45. The van der Waals surface area contributed by atoms with Gasteiger partial charge in [-0.05, 0) is 24.3 Å². The summed E-state index contributed by atoms with van der Waals surface area (Å²) in [5, 5.41) is 0. The molecule has 0 saturated carbocycles. The molecule has 0 aliphatic heterocycles. The lowest BCUT2D eigenvalue weighted by Crippen LogP contribution is -2.24. The number of nitrogens with zero attached hydrogens (tertiary/aromatic N) is 1. The summed E-state index contributed by atoms with van der Waals surface area (Å²) in [6, 6.07) is 7.09. The van der Waals surface area contributed by atoms with Gasteiger partial charge >= 0.3 is 0 Å². The summed E-state index contributed by atoms with van der Waals surface area (Å²) in [4.78, 5) is 3.55. The van der Waals surface area contributed by atoms with Crippen molar-refractivity contribution in [2.45, 2.75) is 11.4 Å². The van der Waals surface area contributed by atoms with E-state index >= 15 is 0 Å². The second kappa shape index (κ2) is 6.50. The number of pyridine rings is 1. The van der Waals surface area contributed by atoms with E-state index in [2.05, 4.69) is 25.6 Å². The van der Waals surface area contributed by atoms with Gasteiger partial charge in [0.2, 0.25) is 15.9 Å². The summed E-state index contributed by atoms with van der Waals surface area (Å²) in [5.74, 6) is -0.508. The lowest BCUT2D eigenvalue weighted by molar-refractivity contribution is 0.392. The van der Waals surface area contributed by atoms with Crippen molar-refractivity contribution < 1.29 is 17.5 Å². The van der Waals surface area contributed by atoms with E-state index in [-0.39, 0.29) is 6.54 Å². The van der Waals surface area contributed by atoms with Gasteiger partial charge in [-0.2, -0.15) is 0 Å². The molecule has 8 heteroatoms. The first-order valence-electron chi connectivity index (χ1n) is 5.86. The third-order valence-electron chi connectivity index (χ3n) is 2.68. The van der Waals surface area contributed by atoms with Gasteiger partial charge in [0.25, 0.3) is 0 Å². The number of rotatable bonds is 5. The van der Waals surface area contributed by atoms with E-state index in [4.69, 9.17) is 4.74 Å². The minimum atomic E-state index is -3.96. The van der Waals surface area contributed by atoms with Crippen LogP contribution in [-0.2, 0) is 16.6 Å². The zero-order valence-corrected chi connectivity index (χ0v) is 13.4. The molecule has 2 aromatic rings. The van der Waals surface area contributed by atoms with Crippen molar-refractivity contribution in [3.05, 3.63) is 52.4 Å². The molecular weight excluding hydrogens is 363 g/mol. The Morgan fingerprint density at radius 2 is 2.14 bits per heavy atom. The standard InChI is InChI=1S/C13H12BrFN2O3S/c1-20-13-9(3-2-6-16-13)8-17-21(18,19)12-5-4-10(14)7-11(12)15/h2-7,17H,8H2,1H3. The fraction of sp³-hybridized carbons (Fsp3) is 0.154. The number of halogens is 2. The number of benzene rings is 1. The van der Waals surface area contributed by atoms with Gasteiger partial charge in [-0.3, -0.25) is 0 Å². The lowest BCUT2D eigenvalue weighted by atomic mass is 10.3. The Morgan fingerprint density at radius 3 is 2.81 bits per heavy atom. The molecule has 0 radical (unpaired) electrons. The van der Waals surface area contributed by atoms with Crippen molar-refractivity contribution in [1.29, 1.82) is 0 Å². The first-order chi connectivity index (χ1) is 9.94. The fourth-order valence-electron chi connectivity index (χ4n) is 1.69. The molecule has 1 aromatic heterocycles. The second-order valence-electron chi connectivity index (χ2n) is 4.07. The number of sulfonamides is 1. The highest BCUT2D eigenvalue weighted by atomic mass is 79.9. The smallest absolute Gasteiger partial charge is 0.243 e. The molecule has 0 saturated heterocycles. The van der Waals surface area contributed by atoms with E-state index in [0.29, 0.717) is 15.9 Å². The van der Waals surface area contributed by atoms with Gasteiger partial charge < -0.3 is 4.74 Å². The third kappa shape index (κ3) is 3.78. The molecule has 0 amide bonds. The van der Waals surface area contributed by atoms with Gasteiger partial charge in [-0.1, -0.05) is 22.0 Å². The van der Waals surface area contributed by atoms with Crippen molar-refractivity contribution in [3.63, 3.8) is 0 Å². The van der Waals surface area contributed by atoms with Gasteiger partial charge in [0.1, 0.15) is 10.7 Å². The van der Waals surface area contributed by atoms with E-state index < -0.39 is 20.7 Å². The molecule has 2 rings (SSSR count). The van der Waals surface area contributed by atoms with E-state index in [1.54, 1.807) is 12.1 Å².